The maximum Gasteiger partial charge on any atom is 0.310 e. The monoisotopic (exact) mass is 220 g/mol. The van der Waals surface area contributed by atoms with Crippen molar-refractivity contribution in [3.63, 3.8) is 0 Å². The maximum absolute atomic E-state index is 12.1. The molecule has 0 aromatic heterocycles. The molecule has 3 atom stereocenters. The lowest BCUT2D eigenvalue weighted by molar-refractivity contribution is -0.163. The van der Waals surface area contributed by atoms with E-state index >= 15 is 0 Å². The Labute approximate surface area is 97.1 Å². The zero-order chi connectivity index (χ0) is 11.2. The number of carbonyl (C=O) groups is 1. The standard InChI is InChI=1S/C14H20O2/c1-14(6-2-3-7-14)16-13(15)12-9-10-4-5-11(12)8-10/h4-5,10-12H,2-3,6-9H2,1H3/t10-,11-,12-/m1/s1. The van der Waals surface area contributed by atoms with Crippen molar-refractivity contribution in [2.75, 3.05) is 0 Å². The summed E-state index contributed by atoms with van der Waals surface area (Å²) in [5, 5.41) is 0. The van der Waals surface area contributed by atoms with Crippen LogP contribution in [-0.4, -0.2) is 11.6 Å². The van der Waals surface area contributed by atoms with Crippen molar-refractivity contribution in [3.8, 4) is 0 Å². The topological polar surface area (TPSA) is 26.3 Å². The molecule has 3 aliphatic carbocycles. The average molecular weight is 220 g/mol. The van der Waals surface area contributed by atoms with E-state index in [9.17, 15) is 4.79 Å². The van der Waals surface area contributed by atoms with E-state index in [1.54, 1.807) is 0 Å². The first-order valence-electron chi connectivity index (χ1n) is 6.57. The summed E-state index contributed by atoms with van der Waals surface area (Å²) >= 11 is 0. The first-order valence-corrected chi connectivity index (χ1v) is 6.57. The van der Waals surface area contributed by atoms with E-state index in [4.69, 9.17) is 4.74 Å². The lowest BCUT2D eigenvalue weighted by atomic mass is 9.93. The molecule has 0 amide bonds. The highest BCUT2D eigenvalue weighted by atomic mass is 16.6. The van der Waals surface area contributed by atoms with Gasteiger partial charge >= 0.3 is 5.97 Å². The number of hydrogen-bond acceptors (Lipinski definition) is 2. The van der Waals surface area contributed by atoms with Crippen LogP contribution in [0.25, 0.3) is 0 Å². The Balaban J connectivity index is 1.63. The molecule has 2 bridgehead atoms. The van der Waals surface area contributed by atoms with Crippen LogP contribution < -0.4 is 0 Å². The quantitative estimate of drug-likeness (QED) is 0.528. The van der Waals surface area contributed by atoms with Crippen LogP contribution in [0.15, 0.2) is 12.2 Å². The smallest absolute Gasteiger partial charge is 0.310 e. The summed E-state index contributed by atoms with van der Waals surface area (Å²) in [6.45, 7) is 2.10. The molecular formula is C14H20O2. The Kier molecular flexibility index (Phi) is 2.34. The number of hydrogen-bond donors (Lipinski definition) is 0. The number of esters is 1. The van der Waals surface area contributed by atoms with E-state index in [1.165, 1.54) is 19.3 Å². The second-order valence-electron chi connectivity index (χ2n) is 5.96. The lowest BCUT2D eigenvalue weighted by Gasteiger charge is -2.27. The van der Waals surface area contributed by atoms with Crippen LogP contribution in [0.3, 0.4) is 0 Å². The Hall–Kier alpha value is -0.790. The highest BCUT2D eigenvalue weighted by Gasteiger charge is 2.43. The number of ether oxygens (including phenoxy) is 1. The van der Waals surface area contributed by atoms with E-state index < -0.39 is 0 Å². The van der Waals surface area contributed by atoms with E-state index in [0.29, 0.717) is 11.8 Å². The van der Waals surface area contributed by atoms with Gasteiger partial charge in [-0.15, -0.1) is 0 Å². The molecule has 0 saturated heterocycles. The summed E-state index contributed by atoms with van der Waals surface area (Å²) in [7, 11) is 0. The van der Waals surface area contributed by atoms with Crippen molar-refractivity contribution in [2.45, 2.75) is 51.0 Å². The van der Waals surface area contributed by atoms with Gasteiger partial charge in [0.15, 0.2) is 0 Å². The van der Waals surface area contributed by atoms with Crippen molar-refractivity contribution < 1.29 is 9.53 Å². The Morgan fingerprint density at radius 2 is 2.00 bits per heavy atom. The second kappa shape index (κ2) is 3.61. The van der Waals surface area contributed by atoms with E-state index in [0.717, 1.165) is 19.3 Å². The Morgan fingerprint density at radius 1 is 1.25 bits per heavy atom. The molecule has 2 nitrogen and oxygen atoms in total. The normalized spacial score (nSPS) is 39.2. The third-order valence-corrected chi connectivity index (χ3v) is 4.59. The first-order chi connectivity index (χ1) is 7.66. The highest BCUT2D eigenvalue weighted by molar-refractivity contribution is 5.74. The Bertz CT molecular complexity index is 326. The molecule has 2 saturated carbocycles. The predicted octanol–water partition coefficient (Wildman–Crippen LogP) is 3.07. The molecule has 0 N–H and O–H groups in total. The highest BCUT2D eigenvalue weighted by Crippen LogP contribution is 2.45. The maximum atomic E-state index is 12.1. The summed E-state index contributed by atoms with van der Waals surface area (Å²) in [6.07, 6.45) is 11.2. The van der Waals surface area contributed by atoms with Crippen LogP contribution in [0.2, 0.25) is 0 Å². The van der Waals surface area contributed by atoms with Crippen molar-refractivity contribution in [3.05, 3.63) is 12.2 Å². The zero-order valence-electron chi connectivity index (χ0n) is 9.95. The molecule has 2 fully saturated rings. The number of rotatable bonds is 2. The SMILES string of the molecule is CC1(OC(=O)[C@@H]2C[C@@H]3C=C[C@@H]2C3)CCCC1. The minimum atomic E-state index is -0.150. The van der Waals surface area contributed by atoms with Gasteiger partial charge in [-0.2, -0.15) is 0 Å². The van der Waals surface area contributed by atoms with Gasteiger partial charge in [0.2, 0.25) is 0 Å². The fourth-order valence-electron chi connectivity index (χ4n) is 3.60. The molecule has 0 spiro atoms. The molecule has 16 heavy (non-hydrogen) atoms. The molecule has 0 aromatic rings. The van der Waals surface area contributed by atoms with Crippen LogP contribution in [0.4, 0.5) is 0 Å². The third kappa shape index (κ3) is 1.68. The molecule has 0 aliphatic heterocycles. The van der Waals surface area contributed by atoms with Gasteiger partial charge < -0.3 is 4.74 Å². The van der Waals surface area contributed by atoms with Gasteiger partial charge in [-0.25, -0.2) is 0 Å². The number of allylic oxidation sites excluding steroid dienone is 2. The van der Waals surface area contributed by atoms with E-state index in [2.05, 4.69) is 19.1 Å². The minimum Gasteiger partial charge on any atom is -0.459 e. The molecule has 0 aromatic carbocycles. The van der Waals surface area contributed by atoms with Crippen LogP contribution in [-0.2, 0) is 9.53 Å². The van der Waals surface area contributed by atoms with Crippen LogP contribution in [0.5, 0.6) is 0 Å². The van der Waals surface area contributed by atoms with Crippen molar-refractivity contribution in [2.24, 2.45) is 17.8 Å². The van der Waals surface area contributed by atoms with Crippen molar-refractivity contribution in [1.82, 2.24) is 0 Å². The summed E-state index contributed by atoms with van der Waals surface area (Å²) < 4.78 is 5.76. The predicted molar refractivity (Wildman–Crippen MR) is 61.8 cm³/mol. The number of carbonyl (C=O) groups excluding carboxylic acids is 1. The first kappa shape index (κ1) is 10.4. The minimum absolute atomic E-state index is 0.0706. The van der Waals surface area contributed by atoms with E-state index in [1.807, 2.05) is 0 Å². The fraction of sp³-hybridized carbons (Fsp3) is 0.786. The average Bonchev–Trinajstić information content (AvgIpc) is 2.92. The summed E-state index contributed by atoms with van der Waals surface area (Å²) in [5.41, 5.74) is -0.150. The molecule has 2 heteroatoms. The zero-order valence-corrected chi connectivity index (χ0v) is 9.95. The van der Waals surface area contributed by atoms with Crippen molar-refractivity contribution in [1.29, 1.82) is 0 Å². The molecule has 88 valence electrons. The van der Waals surface area contributed by atoms with Gasteiger partial charge in [-0.3, -0.25) is 4.79 Å². The van der Waals surface area contributed by atoms with Crippen LogP contribution in [0, 0.1) is 17.8 Å². The fourth-order valence-corrected chi connectivity index (χ4v) is 3.60. The van der Waals surface area contributed by atoms with Gasteiger partial charge in [0, 0.05) is 0 Å². The van der Waals surface area contributed by atoms with Gasteiger partial charge in [0.1, 0.15) is 5.60 Å². The van der Waals surface area contributed by atoms with Crippen LogP contribution >= 0.6 is 0 Å². The second-order valence-corrected chi connectivity index (χ2v) is 5.96. The Morgan fingerprint density at radius 3 is 2.56 bits per heavy atom. The third-order valence-electron chi connectivity index (χ3n) is 4.59. The molecule has 3 aliphatic rings. The van der Waals surface area contributed by atoms with Crippen molar-refractivity contribution >= 4 is 5.97 Å². The summed E-state index contributed by atoms with van der Waals surface area (Å²) in [6, 6.07) is 0. The largest absolute Gasteiger partial charge is 0.459 e. The molecule has 0 unspecified atom stereocenters. The molecular weight excluding hydrogens is 200 g/mol. The molecule has 0 heterocycles. The van der Waals surface area contributed by atoms with Gasteiger partial charge in [-0.1, -0.05) is 12.2 Å². The summed E-state index contributed by atoms with van der Waals surface area (Å²) in [4.78, 5) is 12.1. The molecule has 3 rings (SSSR count). The van der Waals surface area contributed by atoms with Crippen LogP contribution in [0.1, 0.15) is 45.4 Å². The lowest BCUT2D eigenvalue weighted by Crippen LogP contribution is -2.33. The summed E-state index contributed by atoms with van der Waals surface area (Å²) in [5.74, 6) is 1.36. The van der Waals surface area contributed by atoms with E-state index in [-0.39, 0.29) is 17.5 Å². The number of fused-ring (bicyclic) bond motifs is 2. The van der Waals surface area contributed by atoms with Gasteiger partial charge in [0.25, 0.3) is 0 Å². The molecule has 0 radical (unpaired) electrons. The van der Waals surface area contributed by atoms with Gasteiger partial charge in [-0.05, 0) is 57.3 Å². The van der Waals surface area contributed by atoms with Gasteiger partial charge in [0.05, 0.1) is 5.92 Å².